The summed E-state index contributed by atoms with van der Waals surface area (Å²) in [5, 5.41) is 0. The first-order valence-electron chi connectivity index (χ1n) is 4.35. The van der Waals surface area contributed by atoms with Crippen LogP contribution < -0.4 is 3.11 Å². The van der Waals surface area contributed by atoms with Crippen LogP contribution >= 0.6 is 22.9 Å². The first-order chi connectivity index (χ1) is 6.43. The fraction of sp³-hybridized carbons (Fsp3) is 0.400. The van der Waals surface area contributed by atoms with E-state index in [2.05, 4.69) is 22.9 Å². The minimum absolute atomic E-state index is 0.317. The molecule has 0 aliphatic carbocycles. The summed E-state index contributed by atoms with van der Waals surface area (Å²) in [7, 11) is 0. The van der Waals surface area contributed by atoms with Gasteiger partial charge >= 0.3 is 0 Å². The molecule has 1 nitrogen and oxygen atoms in total. The lowest BCUT2D eigenvalue weighted by molar-refractivity contribution is 0.469. The van der Waals surface area contributed by atoms with E-state index in [0.29, 0.717) is 12.1 Å². The van der Waals surface area contributed by atoms with Gasteiger partial charge in [0.15, 0.2) is 11.6 Å². The van der Waals surface area contributed by atoms with Crippen LogP contribution in [0.1, 0.15) is 19.4 Å². The molecule has 0 atom stereocenters. The second-order valence-corrected chi connectivity index (χ2v) is 5.32. The lowest BCUT2D eigenvalue weighted by atomic mass is 9.86. The summed E-state index contributed by atoms with van der Waals surface area (Å²) in [6, 6.07) is 2.82. The summed E-state index contributed by atoms with van der Waals surface area (Å²) in [5.41, 5.74) is 0.962. The Kier molecular flexibility index (Phi) is 2.21. The van der Waals surface area contributed by atoms with Gasteiger partial charge in [-0.15, -0.1) is 0 Å². The standard InChI is InChI=1S/C10H10F2IN/c1-10(2)5-14(13)7-4-3-6(11)9(12)8(7)10/h3-4H,5H2,1-2H3. The maximum Gasteiger partial charge on any atom is 0.164 e. The molecule has 1 heterocycles. The van der Waals surface area contributed by atoms with Crippen LogP contribution in [0.3, 0.4) is 0 Å². The Labute approximate surface area is 95.6 Å². The third-order valence-corrected chi connectivity index (χ3v) is 3.41. The van der Waals surface area contributed by atoms with E-state index in [1.54, 1.807) is 6.07 Å². The fourth-order valence-electron chi connectivity index (χ4n) is 1.90. The molecule has 0 N–H and O–H groups in total. The zero-order valence-electron chi connectivity index (χ0n) is 7.94. The van der Waals surface area contributed by atoms with Crippen LogP contribution in [0.4, 0.5) is 14.5 Å². The monoisotopic (exact) mass is 309 g/mol. The molecule has 2 rings (SSSR count). The molecule has 0 radical (unpaired) electrons. The van der Waals surface area contributed by atoms with Gasteiger partial charge in [0.1, 0.15) is 0 Å². The van der Waals surface area contributed by atoms with Crippen LogP contribution in [0.5, 0.6) is 0 Å². The average molecular weight is 309 g/mol. The molecule has 1 aliphatic rings. The second kappa shape index (κ2) is 3.05. The van der Waals surface area contributed by atoms with Gasteiger partial charge in [0.05, 0.1) is 28.6 Å². The molecular formula is C10H10F2IN. The van der Waals surface area contributed by atoms with E-state index in [1.165, 1.54) is 6.07 Å². The zero-order chi connectivity index (χ0) is 10.5. The van der Waals surface area contributed by atoms with Crippen LogP contribution in [0, 0.1) is 11.6 Å². The highest BCUT2D eigenvalue weighted by Gasteiger charge is 2.37. The topological polar surface area (TPSA) is 3.24 Å². The minimum atomic E-state index is -0.761. The van der Waals surface area contributed by atoms with Crippen molar-refractivity contribution < 1.29 is 8.78 Å². The first kappa shape index (κ1) is 10.1. The number of halogens is 3. The van der Waals surface area contributed by atoms with Gasteiger partial charge in [-0.3, -0.25) is 0 Å². The molecule has 0 spiro atoms. The van der Waals surface area contributed by atoms with E-state index in [-0.39, 0.29) is 5.41 Å². The molecule has 4 heteroatoms. The Morgan fingerprint density at radius 3 is 2.64 bits per heavy atom. The van der Waals surface area contributed by atoms with Crippen molar-refractivity contribution in [1.82, 2.24) is 0 Å². The normalized spacial score (nSPS) is 18.5. The number of nitrogens with zero attached hydrogens (tertiary/aromatic N) is 1. The quantitative estimate of drug-likeness (QED) is 0.524. The van der Waals surface area contributed by atoms with E-state index >= 15 is 0 Å². The minimum Gasteiger partial charge on any atom is -0.314 e. The largest absolute Gasteiger partial charge is 0.314 e. The van der Waals surface area contributed by atoms with Crippen molar-refractivity contribution in [2.24, 2.45) is 0 Å². The average Bonchev–Trinajstić information content (AvgIpc) is 2.29. The van der Waals surface area contributed by atoms with Crippen LogP contribution in [0.2, 0.25) is 0 Å². The third-order valence-electron chi connectivity index (χ3n) is 2.55. The Morgan fingerprint density at radius 1 is 1.36 bits per heavy atom. The number of fused-ring (bicyclic) bond motifs is 1. The van der Waals surface area contributed by atoms with Gasteiger partial charge < -0.3 is 3.11 Å². The predicted octanol–water partition coefficient (Wildman–Crippen LogP) is 3.41. The van der Waals surface area contributed by atoms with Crippen LogP contribution in [0.25, 0.3) is 0 Å². The van der Waals surface area contributed by atoms with E-state index in [9.17, 15) is 8.78 Å². The zero-order valence-corrected chi connectivity index (χ0v) is 10.1. The van der Waals surface area contributed by atoms with Crippen LogP contribution in [0.15, 0.2) is 12.1 Å². The number of rotatable bonds is 0. The predicted molar refractivity (Wildman–Crippen MR) is 60.8 cm³/mol. The van der Waals surface area contributed by atoms with Crippen molar-refractivity contribution in [2.75, 3.05) is 9.66 Å². The van der Waals surface area contributed by atoms with Crippen molar-refractivity contribution in [3.05, 3.63) is 29.3 Å². The highest BCUT2D eigenvalue weighted by Crippen LogP contribution is 2.44. The Hall–Kier alpha value is -0.390. The SMILES string of the molecule is CC1(C)CN(I)c2ccc(F)c(F)c21. The molecule has 0 amide bonds. The summed E-state index contributed by atoms with van der Waals surface area (Å²) >= 11 is 2.12. The molecule has 0 fully saturated rings. The Morgan fingerprint density at radius 2 is 2.00 bits per heavy atom. The highest BCUT2D eigenvalue weighted by molar-refractivity contribution is 14.1. The van der Waals surface area contributed by atoms with Crippen molar-refractivity contribution in [2.45, 2.75) is 19.3 Å². The number of hydrogen-bond donors (Lipinski definition) is 0. The Balaban J connectivity index is 2.70. The smallest absolute Gasteiger partial charge is 0.164 e. The van der Waals surface area contributed by atoms with Crippen molar-refractivity contribution in [3.8, 4) is 0 Å². The molecule has 0 aromatic heterocycles. The van der Waals surface area contributed by atoms with Crippen molar-refractivity contribution >= 4 is 28.6 Å². The molecule has 0 unspecified atom stereocenters. The van der Waals surface area contributed by atoms with E-state index in [1.807, 2.05) is 17.0 Å². The molecule has 76 valence electrons. The maximum atomic E-state index is 13.6. The highest BCUT2D eigenvalue weighted by atomic mass is 127. The summed E-state index contributed by atoms with van der Waals surface area (Å²) in [6.45, 7) is 4.56. The summed E-state index contributed by atoms with van der Waals surface area (Å²) in [5.74, 6) is -1.46. The lowest BCUT2D eigenvalue weighted by Gasteiger charge is -2.18. The van der Waals surface area contributed by atoms with E-state index in [0.717, 1.165) is 5.69 Å². The molecule has 0 saturated carbocycles. The molecule has 0 saturated heterocycles. The van der Waals surface area contributed by atoms with Gasteiger partial charge in [-0.05, 0) is 12.1 Å². The number of benzene rings is 1. The second-order valence-electron chi connectivity index (χ2n) is 4.16. The van der Waals surface area contributed by atoms with Gasteiger partial charge in [-0.2, -0.15) is 0 Å². The third kappa shape index (κ3) is 1.31. The summed E-state index contributed by atoms with van der Waals surface area (Å²) in [4.78, 5) is 0. The molecule has 0 bridgehead atoms. The molecule has 14 heavy (non-hydrogen) atoms. The van der Waals surface area contributed by atoms with E-state index < -0.39 is 11.6 Å². The van der Waals surface area contributed by atoms with Crippen molar-refractivity contribution in [1.29, 1.82) is 0 Å². The summed E-state index contributed by atoms with van der Waals surface area (Å²) < 4.78 is 28.5. The van der Waals surface area contributed by atoms with Gasteiger partial charge in [0.25, 0.3) is 0 Å². The van der Waals surface area contributed by atoms with Gasteiger partial charge in [-0.25, -0.2) is 8.78 Å². The molecule has 1 aromatic carbocycles. The van der Waals surface area contributed by atoms with Gasteiger partial charge in [0.2, 0.25) is 0 Å². The number of hydrogen-bond acceptors (Lipinski definition) is 1. The summed E-state index contributed by atoms with van der Waals surface area (Å²) in [6.07, 6.45) is 0. The molecular weight excluding hydrogens is 299 g/mol. The van der Waals surface area contributed by atoms with Crippen LogP contribution in [-0.2, 0) is 5.41 Å². The lowest BCUT2D eigenvalue weighted by Crippen LogP contribution is -2.22. The molecule has 1 aromatic rings. The van der Waals surface area contributed by atoms with Gasteiger partial charge in [-0.1, -0.05) is 13.8 Å². The van der Waals surface area contributed by atoms with Gasteiger partial charge in [0, 0.05) is 17.5 Å². The van der Waals surface area contributed by atoms with Crippen LogP contribution in [-0.4, -0.2) is 6.54 Å². The first-order valence-corrected chi connectivity index (χ1v) is 5.32. The number of anilines is 1. The molecule has 1 aliphatic heterocycles. The van der Waals surface area contributed by atoms with E-state index in [4.69, 9.17) is 0 Å². The Bertz CT molecular complexity index is 390. The maximum absolute atomic E-state index is 13.6. The fourth-order valence-corrected chi connectivity index (χ4v) is 3.15. The van der Waals surface area contributed by atoms with Crippen molar-refractivity contribution in [3.63, 3.8) is 0 Å².